The molecule has 3 saturated heterocycles. The molecular formula is C61H82ClN9O19. The maximum Gasteiger partial charge on any atom is 0.410 e. The summed E-state index contributed by atoms with van der Waals surface area (Å²) >= 11 is 6.83. The molecule has 28 nitrogen and oxygen atoms in total. The summed E-state index contributed by atoms with van der Waals surface area (Å²) in [5.74, 6) is -6.11. The topological polar surface area (TPSA) is 372 Å². The number of methoxy groups -OCH3 is 2. The minimum atomic E-state index is -1.92. The van der Waals surface area contributed by atoms with Crippen LogP contribution in [0.15, 0.2) is 60.2 Å². The Labute approximate surface area is 526 Å². The van der Waals surface area contributed by atoms with Crippen molar-refractivity contribution in [2.24, 2.45) is 17.6 Å². The molecule has 4 aliphatic heterocycles. The molecular weight excluding hydrogens is 1200 g/mol. The highest BCUT2D eigenvalue weighted by molar-refractivity contribution is 6.35. The van der Waals surface area contributed by atoms with Gasteiger partial charge in [-0.25, -0.2) is 24.0 Å². The van der Waals surface area contributed by atoms with Gasteiger partial charge in [0.25, 0.3) is 11.8 Å². The number of hydrogen-bond acceptors (Lipinski definition) is 19. The largest absolute Gasteiger partial charge is 0.495 e. The number of allylic oxidation sites excluding steroid dienone is 3. The van der Waals surface area contributed by atoms with Gasteiger partial charge in [0.15, 0.2) is 5.72 Å². The molecule has 4 aliphatic rings. The maximum atomic E-state index is 14.4. The third-order valence-electron chi connectivity index (χ3n) is 16.1. The minimum Gasteiger partial charge on any atom is -0.495 e. The van der Waals surface area contributed by atoms with E-state index in [1.807, 2.05) is 13.0 Å². The van der Waals surface area contributed by atoms with Crippen LogP contribution < -0.4 is 42.0 Å². The van der Waals surface area contributed by atoms with Crippen molar-refractivity contribution in [2.45, 2.75) is 173 Å². The monoisotopic (exact) mass is 1280 g/mol. The van der Waals surface area contributed by atoms with Crippen LogP contribution in [-0.4, -0.2) is 169 Å². The third kappa shape index (κ3) is 18.6. The Hall–Kier alpha value is -8.34. The summed E-state index contributed by atoms with van der Waals surface area (Å²) in [4.78, 5) is 150. The molecule has 4 heterocycles. The first kappa shape index (κ1) is 70.7. The van der Waals surface area contributed by atoms with E-state index in [4.69, 9.17) is 50.6 Å². The van der Waals surface area contributed by atoms with E-state index < -0.39 is 138 Å². The summed E-state index contributed by atoms with van der Waals surface area (Å²) < 4.78 is 35.0. The van der Waals surface area contributed by atoms with Gasteiger partial charge >= 0.3 is 30.2 Å². The number of carbonyl (C=O) groups excluding carboxylic acids is 11. The molecule has 6 rings (SSSR count). The average molecular weight is 1280 g/mol. The molecule has 29 heteroatoms. The Morgan fingerprint density at radius 2 is 1.62 bits per heavy atom. The number of epoxide rings is 1. The standard InChI is InChI=1S/C61H82ClN9O19/c1-33(2)52(67-46(72)18-11-12-19-50(76)90-71-47(73)24-25-48(71)74)55(78)66-40(16-14-26-64-57(63)80)54(77)65-39-22-20-37(21-23-39)32-86-59(82)69(7)36(5)56(79)88-45-30-49(75)70(8)41-28-38(29-42(84-9)51(41)62)27-34(3)15-13-17-44(85-10)61(83)31-43(87-58(81)68-61)35(4)53-60(45,6)89-53/h13,15,17,20-23,28-29,33,35-36,40,43-45,52-53,83H,11-12,14,16,18-19,24-27,30-32H2,1-10H3,(H,65,77)(H,66,78)(H,67,72)(H,68,81)(H3,63,64,80)/b17-13+,34-15-/t35-,36+,40+,43+,44-,45+,52+,53+,60+,61+/m1/s1. The number of benzene rings is 2. The molecule has 4 bridgehead atoms. The number of nitrogens with two attached hydrogens (primary N) is 1. The molecule has 492 valence electrons. The Kier molecular flexibility index (Phi) is 24.7. The lowest BCUT2D eigenvalue weighted by Crippen LogP contribution is -2.63. The van der Waals surface area contributed by atoms with Crippen molar-refractivity contribution in [3.05, 3.63) is 76.3 Å². The highest BCUT2D eigenvalue weighted by Gasteiger charge is 2.64. The second-order valence-corrected chi connectivity index (χ2v) is 23.7. The fourth-order valence-electron chi connectivity index (χ4n) is 10.5. The van der Waals surface area contributed by atoms with Crippen LogP contribution in [0.1, 0.15) is 117 Å². The van der Waals surface area contributed by atoms with Gasteiger partial charge in [-0.15, -0.1) is 5.06 Å². The molecule has 8 N–H and O–H groups in total. The zero-order valence-corrected chi connectivity index (χ0v) is 52.9. The first-order chi connectivity index (χ1) is 42.5. The van der Waals surface area contributed by atoms with Gasteiger partial charge in [-0.3, -0.25) is 39.0 Å². The van der Waals surface area contributed by atoms with Crippen molar-refractivity contribution in [3.8, 4) is 5.75 Å². The second-order valence-electron chi connectivity index (χ2n) is 23.3. The number of urea groups is 1. The van der Waals surface area contributed by atoms with Gasteiger partial charge < -0.3 is 70.3 Å². The van der Waals surface area contributed by atoms with Gasteiger partial charge in [0.05, 0.1) is 25.3 Å². The maximum absolute atomic E-state index is 14.4. The average Bonchev–Trinajstić information content (AvgIpc) is 1.57. The van der Waals surface area contributed by atoms with E-state index >= 15 is 0 Å². The SMILES string of the molecule is COc1cc2cc(c1Cl)N(C)C(=O)C[C@H](OC(=O)[C@H](C)N(C)C(=O)OCc1ccc(NC(=O)[C@H](CCCNC(N)=O)NC(=O)[C@@H](NC(=O)CCCCC(=O)ON3C(=O)CCC3=O)C(C)C)cc1)[C@]1(C)O[C@H]1[C@H](C)[C@@H]1C[C@@](O)(NC(=O)O1)[C@H](OC)/C=C/C=C(/C)C2. The summed E-state index contributed by atoms with van der Waals surface area (Å²) in [6.07, 6.45) is -0.675. The molecule has 2 aromatic rings. The van der Waals surface area contributed by atoms with E-state index in [2.05, 4.69) is 26.6 Å². The van der Waals surface area contributed by atoms with E-state index in [9.17, 15) is 57.8 Å². The number of nitrogens with one attached hydrogen (secondary N) is 5. The smallest absolute Gasteiger partial charge is 0.410 e. The number of hydrogen-bond donors (Lipinski definition) is 7. The number of nitrogens with zero attached hydrogens (tertiary/aromatic N) is 3. The minimum absolute atomic E-state index is 0.0353. The summed E-state index contributed by atoms with van der Waals surface area (Å²) in [6, 6.07) is 5.31. The highest BCUT2D eigenvalue weighted by Crippen LogP contribution is 2.49. The number of carbonyl (C=O) groups is 11. The number of halogens is 1. The van der Waals surface area contributed by atoms with Gasteiger partial charge in [-0.1, -0.05) is 68.3 Å². The normalized spacial score (nSPS) is 24.5. The van der Waals surface area contributed by atoms with Crippen LogP contribution in [0.5, 0.6) is 5.75 Å². The first-order valence-electron chi connectivity index (χ1n) is 29.6. The zero-order chi connectivity index (χ0) is 66.4. The van der Waals surface area contributed by atoms with E-state index in [0.29, 0.717) is 28.5 Å². The number of aliphatic hydroxyl groups is 1. The summed E-state index contributed by atoms with van der Waals surface area (Å²) in [5, 5.41) is 25.5. The molecule has 0 radical (unpaired) electrons. The molecule has 10 atom stereocenters. The Bertz CT molecular complexity index is 3070. The van der Waals surface area contributed by atoms with Crippen molar-refractivity contribution >= 4 is 88.6 Å². The van der Waals surface area contributed by atoms with E-state index in [-0.39, 0.29) is 81.6 Å². The van der Waals surface area contributed by atoms with Crippen molar-refractivity contribution in [1.82, 2.24) is 31.2 Å². The number of fused-ring (bicyclic) bond motifs is 5. The predicted molar refractivity (Wildman–Crippen MR) is 322 cm³/mol. The number of amides is 10. The van der Waals surface area contributed by atoms with Crippen LogP contribution in [0.3, 0.4) is 0 Å². The van der Waals surface area contributed by atoms with Gasteiger partial charge in [-0.05, 0) is 94.2 Å². The summed E-state index contributed by atoms with van der Waals surface area (Å²) in [5.41, 5.74) is 4.60. The molecule has 0 spiro atoms. The van der Waals surface area contributed by atoms with Crippen molar-refractivity contribution < 1.29 is 91.1 Å². The predicted octanol–water partition coefficient (Wildman–Crippen LogP) is 4.50. The summed E-state index contributed by atoms with van der Waals surface area (Å²) in [7, 11) is 5.68. The first-order valence-corrected chi connectivity index (χ1v) is 29.9. The second kappa shape index (κ2) is 31.4. The van der Waals surface area contributed by atoms with Crippen LogP contribution >= 0.6 is 11.6 Å². The van der Waals surface area contributed by atoms with Crippen LogP contribution in [0.4, 0.5) is 25.8 Å². The van der Waals surface area contributed by atoms with Gasteiger partial charge in [0.2, 0.25) is 23.6 Å². The number of primary amides is 1. The fraction of sp³-hybridized carbons (Fsp3) is 0.557. The van der Waals surface area contributed by atoms with Gasteiger partial charge in [0.1, 0.15) is 59.4 Å². The van der Waals surface area contributed by atoms with Crippen molar-refractivity contribution in [1.29, 1.82) is 0 Å². The number of rotatable bonds is 23. The number of imide groups is 1. The summed E-state index contributed by atoms with van der Waals surface area (Å²) in [6.45, 7) is 9.84. The fourth-order valence-corrected chi connectivity index (χ4v) is 10.8. The van der Waals surface area contributed by atoms with Crippen LogP contribution in [0.2, 0.25) is 5.02 Å². The van der Waals surface area contributed by atoms with Crippen LogP contribution in [-0.2, 0) is 79.9 Å². The van der Waals surface area contributed by atoms with E-state index in [1.54, 1.807) is 64.1 Å². The highest BCUT2D eigenvalue weighted by atomic mass is 35.5. The van der Waals surface area contributed by atoms with Crippen LogP contribution in [0.25, 0.3) is 0 Å². The Morgan fingerprint density at radius 3 is 2.27 bits per heavy atom. The number of anilines is 2. The lowest BCUT2D eigenvalue weighted by atomic mass is 9.83. The van der Waals surface area contributed by atoms with Crippen LogP contribution in [0, 0.1) is 11.8 Å². The number of esters is 1. The Balaban J connectivity index is 1.08. The lowest BCUT2D eigenvalue weighted by Gasteiger charge is -2.42. The van der Waals surface area contributed by atoms with Crippen molar-refractivity contribution in [2.75, 3.05) is 45.1 Å². The molecule has 10 amide bonds. The zero-order valence-electron chi connectivity index (χ0n) is 52.2. The third-order valence-corrected chi connectivity index (χ3v) is 16.5. The number of likely N-dealkylation sites (N-methyl/N-ethyl adjacent to an activating group) is 1. The van der Waals surface area contributed by atoms with Crippen molar-refractivity contribution in [3.63, 3.8) is 0 Å². The Morgan fingerprint density at radius 1 is 0.944 bits per heavy atom. The quantitative estimate of drug-likeness (QED) is 0.0265. The molecule has 0 saturated carbocycles. The van der Waals surface area contributed by atoms with Gasteiger partial charge in [0, 0.05) is 71.5 Å². The number of hydroxylamine groups is 2. The number of alkyl carbamates (subject to hydrolysis) is 1. The molecule has 2 aromatic carbocycles. The lowest BCUT2D eigenvalue weighted by molar-refractivity contribution is -0.197. The molecule has 0 aliphatic carbocycles. The molecule has 90 heavy (non-hydrogen) atoms. The number of unbranched alkanes of at least 4 members (excludes halogenated alkanes) is 1. The number of ether oxygens (including phenoxy) is 6. The van der Waals surface area contributed by atoms with E-state index in [0.717, 1.165) is 16.0 Å². The van der Waals surface area contributed by atoms with E-state index in [1.165, 1.54) is 52.3 Å². The molecule has 0 unspecified atom stereocenters. The van der Waals surface area contributed by atoms with Gasteiger partial charge in [-0.2, -0.15) is 0 Å². The molecule has 3 fully saturated rings. The molecule has 0 aromatic heterocycles.